The molecule has 1 heterocycles. The normalized spacial score (nSPS) is 11.2. The quantitative estimate of drug-likeness (QED) is 0.796. The van der Waals surface area contributed by atoms with Gasteiger partial charge in [0.25, 0.3) is 0 Å². The highest BCUT2D eigenvalue weighted by Gasteiger charge is 2.12. The van der Waals surface area contributed by atoms with Crippen LogP contribution in [0.25, 0.3) is 11.0 Å². The highest BCUT2D eigenvalue weighted by Crippen LogP contribution is 2.23. The third-order valence-electron chi connectivity index (χ3n) is 2.52. The first kappa shape index (κ1) is 10.5. The van der Waals surface area contributed by atoms with Gasteiger partial charge in [0, 0.05) is 11.6 Å². The van der Waals surface area contributed by atoms with E-state index < -0.39 is 5.91 Å². The van der Waals surface area contributed by atoms with E-state index in [9.17, 15) is 4.79 Å². The van der Waals surface area contributed by atoms with Gasteiger partial charge in [-0.15, -0.1) is 0 Å². The molecular weight excluding hydrogens is 204 g/mol. The Morgan fingerprint density at radius 3 is 2.69 bits per heavy atom. The maximum atomic E-state index is 11.0. The zero-order chi connectivity index (χ0) is 11.9. The molecule has 0 spiro atoms. The lowest BCUT2D eigenvalue weighted by molar-refractivity contribution is 0.100. The molecule has 1 aromatic heterocycles. The minimum atomic E-state index is -0.459. The van der Waals surface area contributed by atoms with Crippen molar-refractivity contribution < 1.29 is 4.79 Å². The second-order valence-electron chi connectivity index (χ2n) is 4.00. The molecule has 0 bridgehead atoms. The van der Waals surface area contributed by atoms with Crippen LogP contribution in [0.15, 0.2) is 18.2 Å². The average Bonchev–Trinajstić information content (AvgIpc) is 2.51. The van der Waals surface area contributed by atoms with Crippen molar-refractivity contribution in [2.75, 3.05) is 5.73 Å². The highest BCUT2D eigenvalue weighted by atomic mass is 16.1. The topological polar surface area (TPSA) is 86.9 Å². The molecule has 0 aliphatic rings. The fraction of sp³-hybridized carbons (Fsp3) is 0.273. The van der Waals surface area contributed by atoms with Gasteiger partial charge in [-0.05, 0) is 32.0 Å². The Kier molecular flexibility index (Phi) is 2.30. The number of anilines is 1. The molecule has 5 nitrogen and oxygen atoms in total. The predicted molar refractivity (Wildman–Crippen MR) is 63.0 cm³/mol. The molecule has 2 rings (SSSR count). The third-order valence-corrected chi connectivity index (χ3v) is 2.52. The summed E-state index contributed by atoms with van der Waals surface area (Å²) in [5, 5.41) is 0. The van der Waals surface area contributed by atoms with Crippen LogP contribution in [0.4, 0.5) is 5.95 Å². The third kappa shape index (κ3) is 1.50. The summed E-state index contributed by atoms with van der Waals surface area (Å²) in [6.45, 7) is 4.05. The van der Waals surface area contributed by atoms with Gasteiger partial charge in [0.2, 0.25) is 11.9 Å². The van der Waals surface area contributed by atoms with E-state index in [2.05, 4.69) is 4.98 Å². The summed E-state index contributed by atoms with van der Waals surface area (Å²) in [4.78, 5) is 15.2. The Labute approximate surface area is 93.1 Å². The Bertz CT molecular complexity index is 556. The van der Waals surface area contributed by atoms with Gasteiger partial charge in [0.1, 0.15) is 0 Å². The summed E-state index contributed by atoms with van der Waals surface area (Å²) in [5.74, 6) is -0.00816. The van der Waals surface area contributed by atoms with Crippen LogP contribution < -0.4 is 11.5 Å². The molecule has 0 fully saturated rings. The molecule has 84 valence electrons. The SMILES string of the molecule is CC(C)n1c(N)nc2cc(C(N)=O)ccc21. The molecule has 4 N–H and O–H groups in total. The summed E-state index contributed by atoms with van der Waals surface area (Å²) >= 11 is 0. The monoisotopic (exact) mass is 218 g/mol. The Hall–Kier alpha value is -2.04. The maximum absolute atomic E-state index is 11.0. The van der Waals surface area contributed by atoms with Gasteiger partial charge < -0.3 is 16.0 Å². The van der Waals surface area contributed by atoms with Crippen LogP contribution in [0.1, 0.15) is 30.2 Å². The molecule has 1 amide bonds. The number of amides is 1. The highest BCUT2D eigenvalue weighted by molar-refractivity contribution is 5.96. The van der Waals surface area contributed by atoms with Crippen LogP contribution in [-0.4, -0.2) is 15.5 Å². The van der Waals surface area contributed by atoms with Crippen molar-refractivity contribution >= 4 is 22.9 Å². The minimum Gasteiger partial charge on any atom is -0.369 e. The van der Waals surface area contributed by atoms with Gasteiger partial charge in [-0.3, -0.25) is 4.79 Å². The van der Waals surface area contributed by atoms with Gasteiger partial charge in [-0.2, -0.15) is 0 Å². The van der Waals surface area contributed by atoms with Crippen LogP contribution in [0.5, 0.6) is 0 Å². The molecule has 0 saturated carbocycles. The van der Waals surface area contributed by atoms with E-state index in [4.69, 9.17) is 11.5 Å². The lowest BCUT2D eigenvalue weighted by atomic mass is 10.2. The number of carbonyl (C=O) groups excluding carboxylic acids is 1. The summed E-state index contributed by atoms with van der Waals surface area (Å²) in [7, 11) is 0. The summed E-state index contributed by atoms with van der Waals surface area (Å²) in [5.41, 5.74) is 13.1. The smallest absolute Gasteiger partial charge is 0.248 e. The van der Waals surface area contributed by atoms with Crippen LogP contribution in [0.3, 0.4) is 0 Å². The van der Waals surface area contributed by atoms with Crippen molar-refractivity contribution in [3.63, 3.8) is 0 Å². The number of aromatic nitrogens is 2. The van der Waals surface area contributed by atoms with E-state index in [0.29, 0.717) is 17.0 Å². The number of fused-ring (bicyclic) bond motifs is 1. The van der Waals surface area contributed by atoms with Crippen LogP contribution >= 0.6 is 0 Å². The second kappa shape index (κ2) is 3.52. The summed E-state index contributed by atoms with van der Waals surface area (Å²) in [6, 6.07) is 5.39. The first-order chi connectivity index (χ1) is 7.50. The Balaban J connectivity index is 2.70. The fourth-order valence-electron chi connectivity index (χ4n) is 1.81. The number of nitrogen functional groups attached to an aromatic ring is 1. The van der Waals surface area contributed by atoms with Gasteiger partial charge in [-0.25, -0.2) is 4.98 Å². The number of nitrogens with zero attached hydrogens (tertiary/aromatic N) is 2. The Morgan fingerprint density at radius 2 is 2.12 bits per heavy atom. The van der Waals surface area contributed by atoms with Crippen LogP contribution in [-0.2, 0) is 0 Å². The van der Waals surface area contributed by atoms with Crippen molar-refractivity contribution in [2.24, 2.45) is 5.73 Å². The number of hydrogen-bond donors (Lipinski definition) is 2. The minimum absolute atomic E-state index is 0.226. The molecule has 0 aliphatic heterocycles. The molecule has 2 aromatic rings. The number of hydrogen-bond acceptors (Lipinski definition) is 3. The van der Waals surface area contributed by atoms with E-state index in [1.807, 2.05) is 24.5 Å². The average molecular weight is 218 g/mol. The van der Waals surface area contributed by atoms with Crippen molar-refractivity contribution in [2.45, 2.75) is 19.9 Å². The molecule has 0 saturated heterocycles. The van der Waals surface area contributed by atoms with E-state index in [0.717, 1.165) is 5.52 Å². The standard InChI is InChI=1S/C11H14N4O/c1-6(2)15-9-4-3-7(10(12)16)5-8(9)14-11(15)13/h3-6H,1-2H3,(H2,12,16)(H2,13,14). The lowest BCUT2D eigenvalue weighted by Crippen LogP contribution is -2.10. The molecular formula is C11H14N4O. The number of primary amides is 1. The molecule has 16 heavy (non-hydrogen) atoms. The van der Waals surface area contributed by atoms with Gasteiger partial charge in [-0.1, -0.05) is 0 Å². The molecule has 5 heteroatoms. The fourth-order valence-corrected chi connectivity index (χ4v) is 1.81. The molecule has 0 unspecified atom stereocenters. The Morgan fingerprint density at radius 1 is 1.44 bits per heavy atom. The molecule has 0 atom stereocenters. The van der Waals surface area contributed by atoms with Gasteiger partial charge in [0.15, 0.2) is 0 Å². The number of carbonyl (C=O) groups is 1. The van der Waals surface area contributed by atoms with E-state index in [1.54, 1.807) is 12.1 Å². The van der Waals surface area contributed by atoms with E-state index >= 15 is 0 Å². The number of rotatable bonds is 2. The van der Waals surface area contributed by atoms with Crippen molar-refractivity contribution in [1.82, 2.24) is 9.55 Å². The lowest BCUT2D eigenvalue weighted by Gasteiger charge is -2.09. The van der Waals surface area contributed by atoms with Crippen LogP contribution in [0, 0.1) is 0 Å². The number of benzene rings is 1. The first-order valence-corrected chi connectivity index (χ1v) is 5.08. The van der Waals surface area contributed by atoms with Crippen LogP contribution in [0.2, 0.25) is 0 Å². The summed E-state index contributed by atoms with van der Waals surface area (Å²) in [6.07, 6.45) is 0. The summed E-state index contributed by atoms with van der Waals surface area (Å²) < 4.78 is 1.92. The molecule has 0 radical (unpaired) electrons. The van der Waals surface area contributed by atoms with E-state index in [1.165, 1.54) is 0 Å². The van der Waals surface area contributed by atoms with Gasteiger partial charge >= 0.3 is 0 Å². The van der Waals surface area contributed by atoms with E-state index in [-0.39, 0.29) is 6.04 Å². The zero-order valence-corrected chi connectivity index (χ0v) is 9.27. The zero-order valence-electron chi connectivity index (χ0n) is 9.27. The first-order valence-electron chi connectivity index (χ1n) is 5.08. The second-order valence-corrected chi connectivity index (χ2v) is 4.00. The largest absolute Gasteiger partial charge is 0.369 e. The molecule has 1 aromatic carbocycles. The van der Waals surface area contributed by atoms with Crippen molar-refractivity contribution in [3.8, 4) is 0 Å². The van der Waals surface area contributed by atoms with Crippen molar-refractivity contribution in [3.05, 3.63) is 23.8 Å². The van der Waals surface area contributed by atoms with Gasteiger partial charge in [0.05, 0.1) is 11.0 Å². The number of nitrogens with two attached hydrogens (primary N) is 2. The maximum Gasteiger partial charge on any atom is 0.248 e. The number of imidazole rings is 1. The molecule has 0 aliphatic carbocycles. The van der Waals surface area contributed by atoms with Crippen molar-refractivity contribution in [1.29, 1.82) is 0 Å². The predicted octanol–water partition coefficient (Wildman–Crippen LogP) is 1.30.